The number of hydrogen-bond acceptors (Lipinski definition) is 6. The smallest absolute Gasteiger partial charge is 0.232 e. The minimum Gasteiger partial charge on any atom is -0.480 e. The van der Waals surface area contributed by atoms with Crippen LogP contribution in [0.15, 0.2) is 21.3 Å². The summed E-state index contributed by atoms with van der Waals surface area (Å²) in [7, 11) is 3.45. The van der Waals surface area contributed by atoms with Crippen LogP contribution in [0.5, 0.6) is 5.88 Å². The Hall–Kier alpha value is -1.63. The first kappa shape index (κ1) is 12.8. The third kappa shape index (κ3) is 2.79. The number of hydrogen-bond donors (Lipinski definition) is 0. The van der Waals surface area contributed by atoms with Gasteiger partial charge in [0.2, 0.25) is 11.8 Å². The largest absolute Gasteiger partial charge is 0.480 e. The summed E-state index contributed by atoms with van der Waals surface area (Å²) in [5, 5.41) is 3.93. The highest BCUT2D eigenvalue weighted by Gasteiger charge is 2.11. The van der Waals surface area contributed by atoms with E-state index in [-0.39, 0.29) is 0 Å². The van der Waals surface area contributed by atoms with Crippen LogP contribution in [0.2, 0.25) is 0 Å². The Morgan fingerprint density at radius 2 is 2.28 bits per heavy atom. The van der Waals surface area contributed by atoms with Gasteiger partial charge in [-0.2, -0.15) is 4.98 Å². The second kappa shape index (κ2) is 5.34. The predicted octanol–water partition coefficient (Wildman–Crippen LogP) is 2.18. The molecule has 0 N–H and O–H groups in total. The molecule has 0 fully saturated rings. The maximum absolute atomic E-state index is 5.13. The van der Waals surface area contributed by atoms with Crippen molar-refractivity contribution < 1.29 is 9.26 Å². The van der Waals surface area contributed by atoms with E-state index < -0.39 is 0 Å². The average Bonchev–Trinajstić information content (AvgIpc) is 2.75. The van der Waals surface area contributed by atoms with Crippen molar-refractivity contribution in [2.75, 3.05) is 19.1 Å². The van der Waals surface area contributed by atoms with Crippen LogP contribution in [0.1, 0.15) is 11.5 Å². The Labute approximate surface area is 113 Å². The lowest BCUT2D eigenvalue weighted by Gasteiger charge is -2.15. The van der Waals surface area contributed by atoms with E-state index in [2.05, 4.69) is 31.1 Å². The first-order chi connectivity index (χ1) is 8.60. The summed E-state index contributed by atoms with van der Waals surface area (Å²) in [6, 6.07) is 1.88. The van der Waals surface area contributed by atoms with Gasteiger partial charge >= 0.3 is 0 Å². The van der Waals surface area contributed by atoms with Crippen molar-refractivity contribution in [3.05, 3.63) is 28.2 Å². The Balaban J connectivity index is 2.15. The highest BCUT2D eigenvalue weighted by molar-refractivity contribution is 9.10. The SMILES string of the molecule is COc1nc(N(C)Cc2cc(C)on2)ncc1Br. The number of anilines is 1. The first-order valence-corrected chi connectivity index (χ1v) is 6.09. The summed E-state index contributed by atoms with van der Waals surface area (Å²) < 4.78 is 10.9. The van der Waals surface area contributed by atoms with Crippen LogP contribution in [0.25, 0.3) is 0 Å². The fraction of sp³-hybridized carbons (Fsp3) is 0.364. The summed E-state index contributed by atoms with van der Waals surface area (Å²) in [6.45, 7) is 2.43. The van der Waals surface area contributed by atoms with Gasteiger partial charge in [-0.3, -0.25) is 0 Å². The van der Waals surface area contributed by atoms with E-state index in [9.17, 15) is 0 Å². The first-order valence-electron chi connectivity index (χ1n) is 5.30. The van der Waals surface area contributed by atoms with Crippen LogP contribution < -0.4 is 9.64 Å². The fourth-order valence-corrected chi connectivity index (χ4v) is 1.83. The minimum atomic E-state index is 0.503. The van der Waals surface area contributed by atoms with Gasteiger partial charge in [0.25, 0.3) is 0 Å². The number of aryl methyl sites for hydroxylation is 1. The Kier molecular flexibility index (Phi) is 3.81. The zero-order valence-corrected chi connectivity index (χ0v) is 11.9. The lowest BCUT2D eigenvalue weighted by Crippen LogP contribution is -2.19. The second-order valence-corrected chi connectivity index (χ2v) is 4.67. The molecule has 6 nitrogen and oxygen atoms in total. The van der Waals surface area contributed by atoms with Gasteiger partial charge in [0.05, 0.1) is 24.3 Å². The van der Waals surface area contributed by atoms with Gasteiger partial charge in [-0.1, -0.05) is 5.16 Å². The van der Waals surface area contributed by atoms with Gasteiger partial charge in [-0.15, -0.1) is 0 Å². The van der Waals surface area contributed by atoms with Crippen molar-refractivity contribution in [1.82, 2.24) is 15.1 Å². The van der Waals surface area contributed by atoms with E-state index in [0.29, 0.717) is 18.4 Å². The summed E-state index contributed by atoms with van der Waals surface area (Å²) in [5.41, 5.74) is 0.834. The van der Waals surface area contributed by atoms with Gasteiger partial charge in [-0.25, -0.2) is 4.98 Å². The zero-order valence-electron chi connectivity index (χ0n) is 10.3. The molecular weight excluding hydrogens is 300 g/mol. The summed E-state index contributed by atoms with van der Waals surface area (Å²) in [4.78, 5) is 10.4. The van der Waals surface area contributed by atoms with Gasteiger partial charge in [0.1, 0.15) is 11.5 Å². The normalized spacial score (nSPS) is 10.4. The highest BCUT2D eigenvalue weighted by Crippen LogP contribution is 2.23. The van der Waals surface area contributed by atoms with Crippen LogP contribution in [-0.4, -0.2) is 29.3 Å². The van der Waals surface area contributed by atoms with Gasteiger partial charge in [0.15, 0.2) is 0 Å². The maximum Gasteiger partial charge on any atom is 0.232 e. The second-order valence-electron chi connectivity index (χ2n) is 3.81. The standard InChI is InChI=1S/C11H13BrN4O2/c1-7-4-8(15-18-7)6-16(2)11-13-5-9(12)10(14-11)17-3/h4-5H,6H2,1-3H3. The highest BCUT2D eigenvalue weighted by atomic mass is 79.9. The Morgan fingerprint density at radius 1 is 1.50 bits per heavy atom. The molecule has 0 saturated heterocycles. The molecule has 2 heterocycles. The molecule has 2 rings (SSSR count). The Morgan fingerprint density at radius 3 is 2.89 bits per heavy atom. The van der Waals surface area contributed by atoms with Gasteiger partial charge in [-0.05, 0) is 22.9 Å². The third-order valence-electron chi connectivity index (χ3n) is 2.31. The van der Waals surface area contributed by atoms with Crippen LogP contribution in [-0.2, 0) is 6.54 Å². The van der Waals surface area contributed by atoms with Gasteiger partial charge in [0, 0.05) is 13.1 Å². The summed E-state index contributed by atoms with van der Waals surface area (Å²) in [6.07, 6.45) is 1.66. The van der Waals surface area contributed by atoms with E-state index in [1.54, 1.807) is 13.3 Å². The lowest BCUT2D eigenvalue weighted by atomic mass is 10.3. The molecule has 0 atom stereocenters. The summed E-state index contributed by atoms with van der Waals surface area (Å²) in [5.74, 6) is 1.85. The topological polar surface area (TPSA) is 64.3 Å². The van der Waals surface area contributed by atoms with E-state index in [1.165, 1.54) is 0 Å². The third-order valence-corrected chi connectivity index (χ3v) is 2.85. The van der Waals surface area contributed by atoms with E-state index in [1.807, 2.05) is 24.9 Å². The molecule has 0 aliphatic rings. The van der Waals surface area contributed by atoms with E-state index in [4.69, 9.17) is 9.26 Å². The fourth-order valence-electron chi connectivity index (χ4n) is 1.48. The van der Waals surface area contributed by atoms with Crippen LogP contribution >= 0.6 is 15.9 Å². The maximum atomic E-state index is 5.13. The van der Waals surface area contributed by atoms with Crippen molar-refractivity contribution in [3.63, 3.8) is 0 Å². The molecule has 0 unspecified atom stereocenters. The number of nitrogens with zero attached hydrogens (tertiary/aromatic N) is 4. The van der Waals surface area contributed by atoms with E-state index in [0.717, 1.165) is 15.9 Å². The molecule has 0 spiro atoms. The number of methoxy groups -OCH3 is 1. The van der Waals surface area contributed by atoms with Crippen molar-refractivity contribution in [2.45, 2.75) is 13.5 Å². The van der Waals surface area contributed by atoms with Crippen molar-refractivity contribution >= 4 is 21.9 Å². The average molecular weight is 313 g/mol. The quantitative estimate of drug-likeness (QED) is 0.862. The number of rotatable bonds is 4. The molecule has 2 aromatic rings. The predicted molar refractivity (Wildman–Crippen MR) is 69.6 cm³/mol. The van der Waals surface area contributed by atoms with Crippen molar-refractivity contribution in [1.29, 1.82) is 0 Å². The molecule has 96 valence electrons. The number of aromatic nitrogens is 3. The molecule has 0 bridgehead atoms. The van der Waals surface area contributed by atoms with E-state index >= 15 is 0 Å². The number of halogens is 1. The van der Waals surface area contributed by atoms with Crippen LogP contribution in [0.4, 0.5) is 5.95 Å². The lowest BCUT2D eigenvalue weighted by molar-refractivity contribution is 0.389. The zero-order chi connectivity index (χ0) is 13.1. The molecular formula is C11H13BrN4O2. The molecule has 0 aliphatic carbocycles. The number of ether oxygens (including phenoxy) is 1. The molecule has 0 amide bonds. The minimum absolute atomic E-state index is 0.503. The molecule has 0 aliphatic heterocycles. The van der Waals surface area contributed by atoms with Crippen molar-refractivity contribution in [2.24, 2.45) is 0 Å². The molecule has 2 aromatic heterocycles. The Bertz CT molecular complexity index is 544. The van der Waals surface area contributed by atoms with Gasteiger partial charge < -0.3 is 14.2 Å². The van der Waals surface area contributed by atoms with Crippen LogP contribution in [0.3, 0.4) is 0 Å². The molecule has 0 aromatic carbocycles. The van der Waals surface area contributed by atoms with Crippen molar-refractivity contribution in [3.8, 4) is 5.88 Å². The monoisotopic (exact) mass is 312 g/mol. The molecule has 7 heteroatoms. The molecule has 18 heavy (non-hydrogen) atoms. The van der Waals surface area contributed by atoms with Crippen LogP contribution in [0, 0.1) is 6.92 Å². The summed E-state index contributed by atoms with van der Waals surface area (Å²) >= 11 is 3.31. The molecule has 0 radical (unpaired) electrons. The molecule has 0 saturated carbocycles.